The van der Waals surface area contributed by atoms with Crippen molar-refractivity contribution < 1.29 is 9.72 Å². The molecular formula is C14H12ClN3O3. The van der Waals surface area contributed by atoms with Gasteiger partial charge in [-0.15, -0.1) is 0 Å². The summed E-state index contributed by atoms with van der Waals surface area (Å²) in [6, 6.07) is 8.78. The predicted molar refractivity (Wildman–Crippen MR) is 81.7 cm³/mol. The van der Waals surface area contributed by atoms with Crippen LogP contribution in [-0.4, -0.2) is 10.8 Å². The first-order valence-corrected chi connectivity index (χ1v) is 6.37. The Labute approximate surface area is 125 Å². The van der Waals surface area contributed by atoms with Crippen molar-refractivity contribution in [3.63, 3.8) is 0 Å². The molecule has 21 heavy (non-hydrogen) atoms. The number of rotatable bonds is 3. The molecule has 1 amide bonds. The summed E-state index contributed by atoms with van der Waals surface area (Å²) in [5.74, 6) is -0.526. The standard InChI is InChI=1S/C14H12ClN3O3/c1-8-2-3-9(15)6-13(8)17-14(19)11-7-10(18(20)21)4-5-12(11)16/h2-7H,16H2,1H3,(H,17,19). The van der Waals surface area contributed by atoms with Crippen molar-refractivity contribution >= 4 is 34.6 Å². The highest BCUT2D eigenvalue weighted by Crippen LogP contribution is 2.24. The molecule has 0 atom stereocenters. The Morgan fingerprint density at radius 3 is 2.67 bits per heavy atom. The van der Waals surface area contributed by atoms with Crippen molar-refractivity contribution in [1.29, 1.82) is 0 Å². The summed E-state index contributed by atoms with van der Waals surface area (Å²) < 4.78 is 0. The molecular weight excluding hydrogens is 294 g/mol. The number of anilines is 2. The number of hydrogen-bond acceptors (Lipinski definition) is 4. The number of aryl methyl sites for hydroxylation is 1. The molecule has 0 spiro atoms. The number of nitrogens with one attached hydrogen (secondary N) is 1. The van der Waals surface area contributed by atoms with Crippen LogP contribution in [0.4, 0.5) is 17.1 Å². The monoisotopic (exact) mass is 305 g/mol. The van der Waals surface area contributed by atoms with E-state index in [9.17, 15) is 14.9 Å². The molecule has 7 heteroatoms. The topological polar surface area (TPSA) is 98.3 Å². The normalized spacial score (nSPS) is 10.2. The quantitative estimate of drug-likeness (QED) is 0.516. The smallest absolute Gasteiger partial charge is 0.270 e. The van der Waals surface area contributed by atoms with Gasteiger partial charge in [0, 0.05) is 28.5 Å². The predicted octanol–water partition coefficient (Wildman–Crippen LogP) is 3.39. The minimum Gasteiger partial charge on any atom is -0.398 e. The Balaban J connectivity index is 2.34. The fourth-order valence-electron chi connectivity index (χ4n) is 1.77. The Morgan fingerprint density at radius 1 is 1.29 bits per heavy atom. The van der Waals surface area contributed by atoms with E-state index in [-0.39, 0.29) is 16.9 Å². The SMILES string of the molecule is Cc1ccc(Cl)cc1NC(=O)c1cc([N+](=O)[O-])ccc1N. The highest BCUT2D eigenvalue weighted by Gasteiger charge is 2.16. The first kappa shape index (κ1) is 14.8. The largest absolute Gasteiger partial charge is 0.398 e. The van der Waals surface area contributed by atoms with Gasteiger partial charge in [-0.05, 0) is 30.7 Å². The van der Waals surface area contributed by atoms with Crippen LogP contribution in [0.5, 0.6) is 0 Å². The molecule has 0 fully saturated rings. The van der Waals surface area contributed by atoms with Crippen molar-refractivity contribution in [3.8, 4) is 0 Å². The molecule has 2 aromatic carbocycles. The third-order valence-electron chi connectivity index (χ3n) is 2.94. The van der Waals surface area contributed by atoms with Gasteiger partial charge in [0.2, 0.25) is 0 Å². The first-order valence-electron chi connectivity index (χ1n) is 6.00. The van der Waals surface area contributed by atoms with Crippen LogP contribution in [0.2, 0.25) is 5.02 Å². The van der Waals surface area contributed by atoms with E-state index in [1.807, 2.05) is 6.92 Å². The molecule has 0 saturated heterocycles. The van der Waals surface area contributed by atoms with Gasteiger partial charge in [0.25, 0.3) is 11.6 Å². The molecule has 0 unspecified atom stereocenters. The minimum atomic E-state index is -0.582. The van der Waals surface area contributed by atoms with Crippen LogP contribution >= 0.6 is 11.6 Å². The molecule has 0 aromatic heterocycles. The van der Waals surface area contributed by atoms with Crippen LogP contribution in [0.1, 0.15) is 15.9 Å². The van der Waals surface area contributed by atoms with Gasteiger partial charge in [-0.3, -0.25) is 14.9 Å². The maximum Gasteiger partial charge on any atom is 0.270 e. The average Bonchev–Trinajstić information content (AvgIpc) is 2.43. The van der Waals surface area contributed by atoms with Gasteiger partial charge in [0.15, 0.2) is 0 Å². The summed E-state index contributed by atoms with van der Waals surface area (Å²) in [6.07, 6.45) is 0. The molecule has 0 radical (unpaired) electrons. The van der Waals surface area contributed by atoms with Gasteiger partial charge in [-0.25, -0.2) is 0 Å². The van der Waals surface area contributed by atoms with Crippen molar-refractivity contribution in [3.05, 3.63) is 62.7 Å². The number of carbonyl (C=O) groups is 1. The molecule has 0 aliphatic rings. The highest BCUT2D eigenvalue weighted by molar-refractivity contribution is 6.31. The number of halogens is 1. The second-order valence-corrected chi connectivity index (χ2v) is 4.88. The van der Waals surface area contributed by atoms with Gasteiger partial charge < -0.3 is 11.1 Å². The van der Waals surface area contributed by atoms with E-state index in [1.165, 1.54) is 12.1 Å². The van der Waals surface area contributed by atoms with Gasteiger partial charge in [0.05, 0.1) is 10.5 Å². The molecule has 2 rings (SSSR count). The van der Waals surface area contributed by atoms with Crippen LogP contribution in [0, 0.1) is 17.0 Å². The third-order valence-corrected chi connectivity index (χ3v) is 3.18. The van der Waals surface area contributed by atoms with Crippen molar-refractivity contribution in [1.82, 2.24) is 0 Å². The van der Waals surface area contributed by atoms with Crippen LogP contribution < -0.4 is 11.1 Å². The van der Waals surface area contributed by atoms with E-state index in [2.05, 4.69) is 5.32 Å². The molecule has 108 valence electrons. The number of benzene rings is 2. The molecule has 0 bridgehead atoms. The maximum atomic E-state index is 12.2. The van der Waals surface area contributed by atoms with E-state index in [0.29, 0.717) is 10.7 Å². The number of nitrogens with zero attached hydrogens (tertiary/aromatic N) is 1. The van der Waals surface area contributed by atoms with Crippen LogP contribution in [0.15, 0.2) is 36.4 Å². The van der Waals surface area contributed by atoms with Gasteiger partial charge >= 0.3 is 0 Å². The van der Waals surface area contributed by atoms with Crippen molar-refractivity contribution in [2.75, 3.05) is 11.1 Å². The van der Waals surface area contributed by atoms with Gasteiger partial charge in [0.1, 0.15) is 0 Å². The number of hydrogen-bond donors (Lipinski definition) is 2. The molecule has 0 aliphatic heterocycles. The maximum absolute atomic E-state index is 12.2. The number of nitrogen functional groups attached to an aromatic ring is 1. The summed E-state index contributed by atoms with van der Waals surface area (Å²) in [5.41, 5.74) is 7.06. The summed E-state index contributed by atoms with van der Waals surface area (Å²) in [5, 5.41) is 13.9. The van der Waals surface area contributed by atoms with Gasteiger partial charge in [-0.2, -0.15) is 0 Å². The summed E-state index contributed by atoms with van der Waals surface area (Å²) >= 11 is 5.88. The van der Waals surface area contributed by atoms with Crippen LogP contribution in [0.25, 0.3) is 0 Å². The summed E-state index contributed by atoms with van der Waals surface area (Å²) in [4.78, 5) is 22.4. The van der Waals surface area contributed by atoms with Crippen molar-refractivity contribution in [2.24, 2.45) is 0 Å². The molecule has 6 nitrogen and oxygen atoms in total. The average molecular weight is 306 g/mol. The zero-order valence-electron chi connectivity index (χ0n) is 11.1. The number of carbonyl (C=O) groups excluding carboxylic acids is 1. The van der Waals surface area contributed by atoms with Crippen LogP contribution in [-0.2, 0) is 0 Å². The Bertz CT molecular complexity index is 731. The van der Waals surface area contributed by atoms with E-state index in [1.54, 1.807) is 18.2 Å². The third kappa shape index (κ3) is 3.29. The van der Waals surface area contributed by atoms with E-state index < -0.39 is 10.8 Å². The second-order valence-electron chi connectivity index (χ2n) is 4.44. The summed E-state index contributed by atoms with van der Waals surface area (Å²) in [6.45, 7) is 1.81. The lowest BCUT2D eigenvalue weighted by Crippen LogP contribution is -2.15. The first-order chi connectivity index (χ1) is 9.88. The number of nitro benzene ring substituents is 1. The Hall–Kier alpha value is -2.60. The number of nitrogens with two attached hydrogens (primary N) is 1. The number of nitro groups is 1. The van der Waals surface area contributed by atoms with E-state index in [4.69, 9.17) is 17.3 Å². The van der Waals surface area contributed by atoms with Crippen molar-refractivity contribution in [2.45, 2.75) is 6.92 Å². The minimum absolute atomic E-state index is 0.0450. The second kappa shape index (κ2) is 5.80. The zero-order valence-corrected chi connectivity index (χ0v) is 11.8. The fraction of sp³-hybridized carbons (Fsp3) is 0.0714. The molecule has 0 aliphatic carbocycles. The number of non-ortho nitro benzene ring substituents is 1. The number of amides is 1. The van der Waals surface area contributed by atoms with Crippen LogP contribution in [0.3, 0.4) is 0 Å². The molecule has 2 aromatic rings. The fourth-order valence-corrected chi connectivity index (χ4v) is 1.95. The Kier molecular flexibility index (Phi) is 4.09. The Morgan fingerprint density at radius 2 is 2.00 bits per heavy atom. The zero-order chi connectivity index (χ0) is 15.6. The van der Waals surface area contributed by atoms with Gasteiger partial charge in [-0.1, -0.05) is 17.7 Å². The summed E-state index contributed by atoms with van der Waals surface area (Å²) in [7, 11) is 0. The highest BCUT2D eigenvalue weighted by atomic mass is 35.5. The lowest BCUT2D eigenvalue weighted by Gasteiger charge is -2.10. The molecule has 0 heterocycles. The lowest BCUT2D eigenvalue weighted by atomic mass is 10.1. The van der Waals surface area contributed by atoms with E-state index >= 15 is 0 Å². The molecule has 3 N–H and O–H groups in total. The molecule has 0 saturated carbocycles. The lowest BCUT2D eigenvalue weighted by molar-refractivity contribution is -0.384. The van der Waals surface area contributed by atoms with E-state index in [0.717, 1.165) is 11.6 Å².